The standard InChI is InChI=1S/C14H18N2O4/c1-14(6-2-3-11(14)15)13(20)16-8-4-5-9(12(18)19)10(17)7-8/h4-5,7,11,17H,2-3,6,15H2,1H3,(H,16,20)(H,18,19). The van der Waals surface area contributed by atoms with Gasteiger partial charge in [0.2, 0.25) is 5.91 Å². The van der Waals surface area contributed by atoms with E-state index in [1.165, 1.54) is 18.2 Å². The molecule has 6 heteroatoms. The second kappa shape index (κ2) is 5.13. The number of hydrogen-bond donors (Lipinski definition) is 4. The normalized spacial score (nSPS) is 25.4. The van der Waals surface area contributed by atoms with Crippen LogP contribution in [0.3, 0.4) is 0 Å². The highest BCUT2D eigenvalue weighted by molar-refractivity contribution is 5.97. The van der Waals surface area contributed by atoms with E-state index in [-0.39, 0.29) is 23.3 Å². The molecule has 1 aliphatic rings. The molecule has 1 aliphatic carbocycles. The number of carboxylic acid groups (broad SMARTS) is 1. The second-order valence-corrected chi connectivity index (χ2v) is 5.41. The Balaban J connectivity index is 2.16. The maximum atomic E-state index is 12.3. The summed E-state index contributed by atoms with van der Waals surface area (Å²) in [7, 11) is 0. The van der Waals surface area contributed by atoms with Crippen molar-refractivity contribution in [2.45, 2.75) is 32.2 Å². The number of carbonyl (C=O) groups excluding carboxylic acids is 1. The summed E-state index contributed by atoms with van der Waals surface area (Å²) in [5.41, 5.74) is 5.51. The van der Waals surface area contributed by atoms with Crippen LogP contribution in [0.5, 0.6) is 5.75 Å². The molecule has 6 nitrogen and oxygen atoms in total. The third-order valence-corrected chi connectivity index (χ3v) is 4.03. The lowest BCUT2D eigenvalue weighted by Gasteiger charge is -2.27. The highest BCUT2D eigenvalue weighted by Gasteiger charge is 2.42. The van der Waals surface area contributed by atoms with Gasteiger partial charge in [-0.2, -0.15) is 0 Å². The number of hydrogen-bond acceptors (Lipinski definition) is 4. The van der Waals surface area contributed by atoms with Crippen molar-refractivity contribution < 1.29 is 19.8 Å². The summed E-state index contributed by atoms with van der Waals surface area (Å²) in [6.07, 6.45) is 2.45. The number of amides is 1. The highest BCUT2D eigenvalue weighted by Crippen LogP contribution is 2.38. The summed E-state index contributed by atoms with van der Waals surface area (Å²) in [4.78, 5) is 23.1. The quantitative estimate of drug-likeness (QED) is 0.670. The number of nitrogens with one attached hydrogen (secondary N) is 1. The SMILES string of the molecule is CC1(C(=O)Nc2ccc(C(=O)O)c(O)c2)CCCC1N. The number of benzene rings is 1. The Morgan fingerprint density at radius 3 is 2.65 bits per heavy atom. The predicted octanol–water partition coefficient (Wildman–Crippen LogP) is 1.55. The Labute approximate surface area is 116 Å². The van der Waals surface area contributed by atoms with E-state index in [4.69, 9.17) is 10.8 Å². The number of carboxylic acids is 1. The molecule has 1 amide bonds. The minimum atomic E-state index is -1.22. The average Bonchev–Trinajstić information content (AvgIpc) is 2.70. The first-order valence-electron chi connectivity index (χ1n) is 6.48. The largest absolute Gasteiger partial charge is 0.507 e. The Morgan fingerprint density at radius 2 is 2.15 bits per heavy atom. The molecule has 20 heavy (non-hydrogen) atoms. The third-order valence-electron chi connectivity index (χ3n) is 4.03. The molecule has 0 aromatic heterocycles. The first kappa shape index (κ1) is 14.3. The van der Waals surface area contributed by atoms with E-state index in [0.29, 0.717) is 5.69 Å². The molecular weight excluding hydrogens is 260 g/mol. The van der Waals surface area contributed by atoms with E-state index < -0.39 is 11.4 Å². The Bertz CT molecular complexity index is 558. The van der Waals surface area contributed by atoms with Crippen LogP contribution in [0, 0.1) is 5.41 Å². The third kappa shape index (κ3) is 2.46. The lowest BCUT2D eigenvalue weighted by Crippen LogP contribution is -2.44. The van der Waals surface area contributed by atoms with Gasteiger partial charge < -0.3 is 21.3 Å². The van der Waals surface area contributed by atoms with Crippen molar-refractivity contribution in [1.29, 1.82) is 0 Å². The van der Waals surface area contributed by atoms with Gasteiger partial charge >= 0.3 is 5.97 Å². The van der Waals surface area contributed by atoms with Crippen LogP contribution < -0.4 is 11.1 Å². The molecule has 2 atom stereocenters. The van der Waals surface area contributed by atoms with E-state index >= 15 is 0 Å². The van der Waals surface area contributed by atoms with Gasteiger partial charge in [0.1, 0.15) is 11.3 Å². The zero-order chi connectivity index (χ0) is 14.9. The van der Waals surface area contributed by atoms with Crippen LogP contribution in [0.15, 0.2) is 18.2 Å². The lowest BCUT2D eigenvalue weighted by atomic mass is 9.84. The summed E-state index contributed by atoms with van der Waals surface area (Å²) in [6, 6.07) is 3.75. The van der Waals surface area contributed by atoms with Crippen LogP contribution in [-0.4, -0.2) is 28.1 Å². The molecular formula is C14H18N2O4. The summed E-state index contributed by atoms with van der Waals surface area (Å²) < 4.78 is 0. The molecule has 0 saturated heterocycles. The van der Waals surface area contributed by atoms with Crippen molar-refractivity contribution in [2.75, 3.05) is 5.32 Å². The molecule has 0 heterocycles. The van der Waals surface area contributed by atoms with E-state index in [1.54, 1.807) is 0 Å². The minimum Gasteiger partial charge on any atom is -0.507 e. The summed E-state index contributed by atoms with van der Waals surface area (Å²) >= 11 is 0. The molecule has 1 saturated carbocycles. The number of aromatic carboxylic acids is 1. The first-order chi connectivity index (χ1) is 9.34. The zero-order valence-electron chi connectivity index (χ0n) is 11.2. The molecule has 0 spiro atoms. The van der Waals surface area contributed by atoms with Crippen molar-refractivity contribution in [1.82, 2.24) is 0 Å². The fraction of sp³-hybridized carbons (Fsp3) is 0.429. The van der Waals surface area contributed by atoms with Gasteiger partial charge in [0.25, 0.3) is 0 Å². The van der Waals surface area contributed by atoms with Crippen LogP contribution in [0.1, 0.15) is 36.5 Å². The van der Waals surface area contributed by atoms with Crippen LogP contribution in [0.25, 0.3) is 0 Å². The van der Waals surface area contributed by atoms with Gasteiger partial charge in [-0.3, -0.25) is 4.79 Å². The molecule has 2 unspecified atom stereocenters. The number of carbonyl (C=O) groups is 2. The molecule has 5 N–H and O–H groups in total. The van der Waals surface area contributed by atoms with Crippen LogP contribution in [-0.2, 0) is 4.79 Å². The molecule has 2 rings (SSSR count). The molecule has 1 aromatic rings. The Morgan fingerprint density at radius 1 is 1.45 bits per heavy atom. The summed E-state index contributed by atoms with van der Waals surface area (Å²) in [5, 5.41) is 21.1. The van der Waals surface area contributed by atoms with Crippen molar-refractivity contribution in [3.8, 4) is 5.75 Å². The van der Waals surface area contributed by atoms with Crippen molar-refractivity contribution in [3.05, 3.63) is 23.8 Å². The molecule has 1 aromatic carbocycles. The predicted molar refractivity (Wildman–Crippen MR) is 73.6 cm³/mol. The fourth-order valence-corrected chi connectivity index (χ4v) is 2.54. The number of nitrogens with two attached hydrogens (primary N) is 1. The molecule has 108 valence electrons. The van der Waals surface area contributed by atoms with Crippen LogP contribution in [0.4, 0.5) is 5.69 Å². The van der Waals surface area contributed by atoms with Gasteiger partial charge in [0.05, 0.1) is 5.41 Å². The number of aromatic hydroxyl groups is 1. The molecule has 0 radical (unpaired) electrons. The number of anilines is 1. The highest BCUT2D eigenvalue weighted by atomic mass is 16.4. The topological polar surface area (TPSA) is 113 Å². The van der Waals surface area contributed by atoms with E-state index in [1.807, 2.05) is 6.92 Å². The van der Waals surface area contributed by atoms with Gasteiger partial charge in [-0.1, -0.05) is 6.42 Å². The van der Waals surface area contributed by atoms with Crippen molar-refractivity contribution in [3.63, 3.8) is 0 Å². The summed E-state index contributed by atoms with van der Waals surface area (Å²) in [6.45, 7) is 1.82. The monoisotopic (exact) mass is 278 g/mol. The second-order valence-electron chi connectivity index (χ2n) is 5.41. The fourth-order valence-electron chi connectivity index (χ4n) is 2.54. The first-order valence-corrected chi connectivity index (χ1v) is 6.48. The van der Waals surface area contributed by atoms with Gasteiger partial charge in [-0.05, 0) is 31.9 Å². The number of rotatable bonds is 3. The molecule has 0 aliphatic heterocycles. The van der Waals surface area contributed by atoms with E-state index in [0.717, 1.165) is 19.3 Å². The summed E-state index contributed by atoms with van der Waals surface area (Å²) in [5.74, 6) is -1.80. The number of phenols is 1. The van der Waals surface area contributed by atoms with Gasteiger partial charge in [0, 0.05) is 17.8 Å². The minimum absolute atomic E-state index is 0.186. The van der Waals surface area contributed by atoms with E-state index in [2.05, 4.69) is 5.32 Å². The Kier molecular flexibility index (Phi) is 3.67. The van der Waals surface area contributed by atoms with Gasteiger partial charge in [0.15, 0.2) is 0 Å². The van der Waals surface area contributed by atoms with Gasteiger partial charge in [-0.15, -0.1) is 0 Å². The molecule has 1 fully saturated rings. The van der Waals surface area contributed by atoms with E-state index in [9.17, 15) is 14.7 Å². The average molecular weight is 278 g/mol. The Hall–Kier alpha value is -2.08. The lowest BCUT2D eigenvalue weighted by molar-refractivity contribution is -0.125. The van der Waals surface area contributed by atoms with Crippen molar-refractivity contribution in [2.24, 2.45) is 11.1 Å². The van der Waals surface area contributed by atoms with Crippen LogP contribution >= 0.6 is 0 Å². The maximum absolute atomic E-state index is 12.3. The zero-order valence-corrected chi connectivity index (χ0v) is 11.2. The maximum Gasteiger partial charge on any atom is 0.339 e. The molecule has 0 bridgehead atoms. The van der Waals surface area contributed by atoms with Gasteiger partial charge in [-0.25, -0.2) is 4.79 Å². The van der Waals surface area contributed by atoms with Crippen molar-refractivity contribution >= 4 is 17.6 Å². The smallest absolute Gasteiger partial charge is 0.339 e. The van der Waals surface area contributed by atoms with Crippen LogP contribution in [0.2, 0.25) is 0 Å².